The smallest absolute Gasteiger partial charge is 0.114 e. The Morgan fingerprint density at radius 1 is 1.00 bits per heavy atom. The summed E-state index contributed by atoms with van der Waals surface area (Å²) in [7, 11) is 0. The number of aromatic nitrogens is 1. The first kappa shape index (κ1) is 20.4. The van der Waals surface area contributed by atoms with E-state index in [4.69, 9.17) is 0 Å². The van der Waals surface area contributed by atoms with E-state index in [1.54, 1.807) is 0 Å². The molecule has 2 aliphatic rings. The fraction of sp³-hybridized carbons (Fsp3) is 0.125. The molecule has 0 amide bonds. The lowest BCUT2D eigenvalue weighted by Crippen LogP contribution is -2.44. The summed E-state index contributed by atoms with van der Waals surface area (Å²) in [6, 6.07) is 23.9. The first-order chi connectivity index (χ1) is 16.7. The Labute approximate surface area is 200 Å². The molecule has 34 heavy (non-hydrogen) atoms. The van der Waals surface area contributed by atoms with Crippen molar-refractivity contribution in [1.82, 2.24) is 4.57 Å². The van der Waals surface area contributed by atoms with Crippen molar-refractivity contribution in [2.24, 2.45) is 0 Å². The molecule has 0 spiro atoms. The normalized spacial score (nSPS) is 21.1. The molecular weight excluding hydrogens is 412 g/mol. The maximum atomic E-state index is 3.98. The van der Waals surface area contributed by atoms with E-state index in [1.165, 1.54) is 38.7 Å². The molecule has 0 fully saturated rings. The van der Waals surface area contributed by atoms with Gasteiger partial charge in [-0.1, -0.05) is 79.1 Å². The number of rotatable bonds is 4. The van der Waals surface area contributed by atoms with E-state index in [1.807, 2.05) is 12.2 Å². The van der Waals surface area contributed by atoms with Gasteiger partial charge >= 0.3 is 0 Å². The molecule has 2 unspecified atom stereocenters. The number of anilines is 1. The highest BCUT2D eigenvalue weighted by molar-refractivity contribution is 6.12. The van der Waals surface area contributed by atoms with Gasteiger partial charge in [-0.3, -0.25) is 0 Å². The van der Waals surface area contributed by atoms with E-state index < -0.39 is 5.54 Å². The van der Waals surface area contributed by atoms with Crippen LogP contribution in [0.1, 0.15) is 25.3 Å². The summed E-state index contributed by atoms with van der Waals surface area (Å²) < 4.78 is 2.43. The molecule has 0 bridgehead atoms. The van der Waals surface area contributed by atoms with Crippen LogP contribution in [0, 0.1) is 11.8 Å². The van der Waals surface area contributed by atoms with Crippen LogP contribution in [0.4, 0.5) is 5.69 Å². The molecule has 2 heterocycles. The number of benzene rings is 3. The molecule has 6 rings (SSSR count). The van der Waals surface area contributed by atoms with Crippen LogP contribution in [0.2, 0.25) is 0 Å². The molecule has 0 saturated carbocycles. The molecule has 0 radical (unpaired) electrons. The second-order valence-corrected chi connectivity index (χ2v) is 9.00. The fourth-order valence-corrected chi connectivity index (χ4v) is 5.74. The highest BCUT2D eigenvalue weighted by Crippen LogP contribution is 2.54. The zero-order chi connectivity index (χ0) is 23.3. The lowest BCUT2D eigenvalue weighted by atomic mass is 9.81. The standard InChI is InChI=1S/C32H26N2/c1-4-13-24(14-5-2)34-29-21-20-26-25-17-9-10-19-28(25)33(23-15-7-6-8-16-23)31(26)30(29)27-18-11-12-22-32(27,34)3/h4-11,13-21,27H,1H2,2-3H3/b14-5-,24-13+. The predicted molar refractivity (Wildman–Crippen MR) is 144 cm³/mol. The SMILES string of the molecule is C=C/C=C(\C=C/C)N1c2ccc3c4ccccc4n(-c4ccccc4)c3c2C2C=CC#CC21C. The van der Waals surface area contributed by atoms with E-state index in [-0.39, 0.29) is 5.92 Å². The Morgan fingerprint density at radius 2 is 1.79 bits per heavy atom. The van der Waals surface area contributed by atoms with Gasteiger partial charge in [0.1, 0.15) is 5.54 Å². The minimum atomic E-state index is -0.391. The summed E-state index contributed by atoms with van der Waals surface area (Å²) in [5, 5.41) is 2.54. The van der Waals surface area contributed by atoms with E-state index in [2.05, 4.69) is 133 Å². The monoisotopic (exact) mass is 438 g/mol. The van der Waals surface area contributed by atoms with Crippen LogP contribution in [-0.4, -0.2) is 10.1 Å². The van der Waals surface area contributed by atoms with Gasteiger partial charge in [0.05, 0.1) is 11.0 Å². The Morgan fingerprint density at radius 3 is 2.59 bits per heavy atom. The van der Waals surface area contributed by atoms with Crippen molar-refractivity contribution in [3.63, 3.8) is 0 Å². The van der Waals surface area contributed by atoms with Crippen molar-refractivity contribution in [2.75, 3.05) is 4.90 Å². The van der Waals surface area contributed by atoms with Crippen LogP contribution < -0.4 is 4.90 Å². The average molecular weight is 439 g/mol. The summed E-state index contributed by atoms with van der Waals surface area (Å²) in [4.78, 5) is 2.40. The third-order valence-corrected chi connectivity index (χ3v) is 7.07. The predicted octanol–water partition coefficient (Wildman–Crippen LogP) is 7.67. The highest BCUT2D eigenvalue weighted by Gasteiger charge is 2.49. The van der Waals surface area contributed by atoms with E-state index >= 15 is 0 Å². The van der Waals surface area contributed by atoms with Crippen molar-refractivity contribution in [1.29, 1.82) is 0 Å². The van der Waals surface area contributed by atoms with E-state index in [9.17, 15) is 0 Å². The first-order valence-electron chi connectivity index (χ1n) is 11.8. The van der Waals surface area contributed by atoms with E-state index in [0.717, 1.165) is 5.70 Å². The van der Waals surface area contributed by atoms with Crippen LogP contribution in [0.5, 0.6) is 0 Å². The molecule has 0 saturated heterocycles. The molecule has 3 aromatic carbocycles. The van der Waals surface area contributed by atoms with Crippen LogP contribution in [0.15, 0.2) is 115 Å². The fourth-order valence-electron chi connectivity index (χ4n) is 5.74. The Balaban J connectivity index is 1.78. The molecular formula is C32H26N2. The Bertz CT molecular complexity index is 1600. The summed E-state index contributed by atoms with van der Waals surface area (Å²) in [6.45, 7) is 8.29. The maximum absolute atomic E-state index is 3.98. The number of allylic oxidation sites excluding steroid dienone is 5. The summed E-state index contributed by atoms with van der Waals surface area (Å²) >= 11 is 0. The largest absolute Gasteiger partial charge is 0.323 e. The van der Waals surface area contributed by atoms with Gasteiger partial charge in [-0.15, -0.1) is 0 Å². The lowest BCUT2D eigenvalue weighted by molar-refractivity contribution is 0.554. The lowest BCUT2D eigenvalue weighted by Gasteiger charge is -2.37. The topological polar surface area (TPSA) is 8.17 Å². The summed E-state index contributed by atoms with van der Waals surface area (Å²) in [6.07, 6.45) is 12.5. The van der Waals surface area contributed by atoms with Gasteiger partial charge in [-0.2, -0.15) is 0 Å². The van der Waals surface area contributed by atoms with Crippen LogP contribution in [0.3, 0.4) is 0 Å². The Hall–Kier alpha value is -4.22. The first-order valence-corrected chi connectivity index (χ1v) is 11.8. The molecule has 2 atom stereocenters. The zero-order valence-electron chi connectivity index (χ0n) is 19.5. The van der Waals surface area contributed by atoms with Crippen molar-refractivity contribution in [3.05, 3.63) is 121 Å². The van der Waals surface area contributed by atoms with Gasteiger partial charge < -0.3 is 9.47 Å². The summed E-state index contributed by atoms with van der Waals surface area (Å²) in [5.41, 5.74) is 6.88. The molecule has 164 valence electrons. The van der Waals surface area contributed by atoms with Crippen molar-refractivity contribution in [2.45, 2.75) is 25.3 Å². The molecule has 4 aromatic rings. The number of nitrogens with zero attached hydrogens (tertiary/aromatic N) is 2. The number of para-hydroxylation sites is 2. The third kappa shape index (κ3) is 2.71. The van der Waals surface area contributed by atoms with Crippen LogP contribution in [-0.2, 0) is 0 Å². The van der Waals surface area contributed by atoms with Gasteiger partial charge in [-0.25, -0.2) is 0 Å². The quantitative estimate of drug-likeness (QED) is 0.234. The van der Waals surface area contributed by atoms with Gasteiger partial charge in [0.2, 0.25) is 0 Å². The van der Waals surface area contributed by atoms with E-state index in [0.29, 0.717) is 0 Å². The summed E-state index contributed by atoms with van der Waals surface area (Å²) in [5.74, 6) is 6.98. The van der Waals surface area contributed by atoms with Gasteiger partial charge in [0.25, 0.3) is 0 Å². The maximum Gasteiger partial charge on any atom is 0.114 e. The van der Waals surface area contributed by atoms with Gasteiger partial charge in [-0.05, 0) is 56.3 Å². The minimum Gasteiger partial charge on any atom is -0.323 e. The second-order valence-electron chi connectivity index (χ2n) is 9.00. The molecule has 0 N–H and O–H groups in total. The van der Waals surface area contributed by atoms with Crippen molar-refractivity contribution < 1.29 is 0 Å². The number of fused-ring (bicyclic) bond motifs is 7. The number of hydrogen-bond donors (Lipinski definition) is 0. The molecule has 2 heteroatoms. The second kappa shape index (κ2) is 7.68. The van der Waals surface area contributed by atoms with Gasteiger partial charge in [0, 0.05) is 39.3 Å². The molecule has 1 aliphatic carbocycles. The Kier molecular flexibility index (Phi) is 4.61. The van der Waals surface area contributed by atoms with Crippen LogP contribution in [0.25, 0.3) is 27.5 Å². The van der Waals surface area contributed by atoms with Crippen molar-refractivity contribution >= 4 is 27.5 Å². The van der Waals surface area contributed by atoms with Crippen LogP contribution >= 0.6 is 0 Å². The minimum absolute atomic E-state index is 0.137. The van der Waals surface area contributed by atoms with Crippen molar-refractivity contribution in [3.8, 4) is 17.5 Å². The number of hydrogen-bond acceptors (Lipinski definition) is 1. The molecule has 1 aromatic heterocycles. The third-order valence-electron chi connectivity index (χ3n) is 7.07. The van der Waals surface area contributed by atoms with Gasteiger partial charge in [0.15, 0.2) is 0 Å². The zero-order valence-corrected chi connectivity index (χ0v) is 19.5. The molecule has 2 nitrogen and oxygen atoms in total. The highest BCUT2D eigenvalue weighted by atomic mass is 15.2. The average Bonchev–Trinajstić information content (AvgIpc) is 3.33. The molecule has 1 aliphatic heterocycles.